The number of hydrogen-bond acceptors (Lipinski definition) is 4. The first-order chi connectivity index (χ1) is 10.6. The molecule has 0 saturated heterocycles. The van der Waals surface area contributed by atoms with Crippen molar-refractivity contribution >= 4 is 46.4 Å². The van der Waals surface area contributed by atoms with Crippen molar-refractivity contribution in [2.24, 2.45) is 0 Å². The molecule has 0 saturated carbocycles. The molecule has 6 heteroatoms. The molecule has 1 aliphatic rings. The maximum Gasteiger partial charge on any atom is 0.138 e. The van der Waals surface area contributed by atoms with Crippen molar-refractivity contribution in [3.8, 4) is 5.75 Å². The van der Waals surface area contributed by atoms with Gasteiger partial charge in [0.2, 0.25) is 0 Å². The number of benzene rings is 2. The number of ether oxygens (including phenoxy) is 1. The number of fused-ring (bicyclic) bond motifs is 1. The summed E-state index contributed by atoms with van der Waals surface area (Å²) in [5, 5.41) is 14.7. The van der Waals surface area contributed by atoms with Crippen LogP contribution in [0.4, 0.5) is 5.69 Å². The second-order valence-electron chi connectivity index (χ2n) is 4.72. The molecule has 0 amide bonds. The number of thioether (sulfide) groups is 1. The third kappa shape index (κ3) is 3.00. The van der Waals surface area contributed by atoms with Gasteiger partial charge in [0.1, 0.15) is 11.5 Å². The van der Waals surface area contributed by atoms with Gasteiger partial charge in [-0.05, 0) is 30.3 Å². The molecule has 0 unspecified atom stereocenters. The molecule has 0 bridgehead atoms. The molecule has 0 fully saturated rings. The van der Waals surface area contributed by atoms with Crippen molar-refractivity contribution in [1.29, 1.82) is 0 Å². The summed E-state index contributed by atoms with van der Waals surface area (Å²) >= 11 is 13.7. The average molecular weight is 354 g/mol. The Labute approximate surface area is 142 Å². The number of anilines is 1. The van der Waals surface area contributed by atoms with Gasteiger partial charge < -0.3 is 15.2 Å². The predicted octanol–water partition coefficient (Wildman–Crippen LogP) is 5.45. The maximum atomic E-state index is 10.5. The Hall–Kier alpha value is -1.49. The minimum atomic E-state index is 0.184. The number of aliphatic hydroxyl groups excluding tert-OH is 1. The number of halogens is 2. The second kappa shape index (κ2) is 6.32. The van der Waals surface area contributed by atoms with E-state index in [-0.39, 0.29) is 5.76 Å². The van der Waals surface area contributed by atoms with Gasteiger partial charge >= 0.3 is 0 Å². The van der Waals surface area contributed by atoms with Gasteiger partial charge in [-0.25, -0.2) is 0 Å². The van der Waals surface area contributed by atoms with E-state index in [2.05, 4.69) is 5.32 Å². The van der Waals surface area contributed by atoms with E-state index in [1.54, 1.807) is 19.2 Å². The van der Waals surface area contributed by atoms with Crippen molar-refractivity contribution in [1.82, 2.24) is 0 Å². The van der Waals surface area contributed by atoms with E-state index in [9.17, 15) is 5.11 Å². The molecule has 0 aliphatic carbocycles. The molecule has 0 atom stereocenters. The van der Waals surface area contributed by atoms with E-state index in [1.807, 2.05) is 24.3 Å². The van der Waals surface area contributed by atoms with Crippen LogP contribution >= 0.6 is 35.0 Å². The van der Waals surface area contributed by atoms with Gasteiger partial charge in [-0.3, -0.25) is 0 Å². The highest BCUT2D eigenvalue weighted by Crippen LogP contribution is 2.42. The van der Waals surface area contributed by atoms with Crippen molar-refractivity contribution in [3.05, 3.63) is 56.9 Å². The SMILES string of the molecule is COc1cccc(SC2=C(O)c3c(Cl)cc(Cl)cc3NC2)c1. The summed E-state index contributed by atoms with van der Waals surface area (Å²) in [4.78, 5) is 1.78. The van der Waals surface area contributed by atoms with Gasteiger partial charge in [-0.15, -0.1) is 0 Å². The van der Waals surface area contributed by atoms with Crippen molar-refractivity contribution in [2.75, 3.05) is 19.0 Å². The molecule has 2 aromatic rings. The van der Waals surface area contributed by atoms with E-state index in [1.165, 1.54) is 11.8 Å². The topological polar surface area (TPSA) is 41.5 Å². The lowest BCUT2D eigenvalue weighted by atomic mass is 10.1. The minimum absolute atomic E-state index is 0.184. The van der Waals surface area contributed by atoms with Crippen LogP contribution in [0.3, 0.4) is 0 Å². The van der Waals surface area contributed by atoms with Gasteiger partial charge in [0.05, 0.1) is 29.1 Å². The first-order valence-corrected chi connectivity index (χ1v) is 8.13. The summed E-state index contributed by atoms with van der Waals surface area (Å²) in [6, 6.07) is 11.1. The first kappa shape index (κ1) is 15.4. The molecule has 2 N–H and O–H groups in total. The fourth-order valence-corrected chi connectivity index (χ4v) is 3.78. The van der Waals surface area contributed by atoms with Gasteiger partial charge in [0.15, 0.2) is 0 Å². The van der Waals surface area contributed by atoms with Crippen LogP contribution in [-0.2, 0) is 0 Å². The van der Waals surface area contributed by atoms with Crippen LogP contribution in [0.2, 0.25) is 10.0 Å². The van der Waals surface area contributed by atoms with Crippen LogP contribution < -0.4 is 10.1 Å². The summed E-state index contributed by atoms with van der Waals surface area (Å²) in [5.41, 5.74) is 1.33. The summed E-state index contributed by atoms with van der Waals surface area (Å²) in [6.07, 6.45) is 0. The Kier molecular flexibility index (Phi) is 4.43. The zero-order chi connectivity index (χ0) is 15.7. The lowest BCUT2D eigenvalue weighted by Gasteiger charge is -2.22. The van der Waals surface area contributed by atoms with Gasteiger partial charge in [0.25, 0.3) is 0 Å². The Morgan fingerprint density at radius 1 is 1.23 bits per heavy atom. The zero-order valence-corrected chi connectivity index (χ0v) is 14.0. The highest BCUT2D eigenvalue weighted by Gasteiger charge is 2.22. The standard InChI is InChI=1S/C16H13Cl2NO2S/c1-21-10-3-2-4-11(7-10)22-14-8-19-13-6-9(17)5-12(18)15(13)16(14)20/h2-7,19-20H,8H2,1H3. The fourth-order valence-electron chi connectivity index (χ4n) is 2.24. The average Bonchev–Trinajstić information content (AvgIpc) is 2.49. The van der Waals surface area contributed by atoms with Gasteiger partial charge in [-0.2, -0.15) is 0 Å². The number of rotatable bonds is 3. The molecule has 3 rings (SSSR count). The molecular weight excluding hydrogens is 341 g/mol. The normalized spacial score (nSPS) is 13.6. The first-order valence-electron chi connectivity index (χ1n) is 6.56. The van der Waals surface area contributed by atoms with Crippen LogP contribution in [0.15, 0.2) is 46.2 Å². The summed E-state index contributed by atoms with van der Waals surface area (Å²) in [5.74, 6) is 0.960. The zero-order valence-electron chi connectivity index (χ0n) is 11.7. The maximum absolute atomic E-state index is 10.5. The molecule has 0 aromatic heterocycles. The highest BCUT2D eigenvalue weighted by molar-refractivity contribution is 8.03. The third-order valence-electron chi connectivity index (χ3n) is 3.28. The van der Waals surface area contributed by atoms with E-state index < -0.39 is 0 Å². The lowest BCUT2D eigenvalue weighted by Crippen LogP contribution is -2.13. The molecule has 114 valence electrons. The monoisotopic (exact) mass is 353 g/mol. The highest BCUT2D eigenvalue weighted by atomic mass is 35.5. The molecule has 0 spiro atoms. The van der Waals surface area contributed by atoms with Crippen LogP contribution in [0.1, 0.15) is 5.56 Å². The van der Waals surface area contributed by atoms with Crippen LogP contribution in [0.5, 0.6) is 5.75 Å². The molecular formula is C16H13Cl2NO2S. The Morgan fingerprint density at radius 2 is 2.05 bits per heavy atom. The van der Waals surface area contributed by atoms with E-state index in [4.69, 9.17) is 27.9 Å². The fraction of sp³-hybridized carbons (Fsp3) is 0.125. The smallest absolute Gasteiger partial charge is 0.138 e. The van der Waals surface area contributed by atoms with Crippen molar-refractivity contribution in [3.63, 3.8) is 0 Å². The van der Waals surface area contributed by atoms with Crippen molar-refractivity contribution < 1.29 is 9.84 Å². The van der Waals surface area contributed by atoms with Gasteiger partial charge in [-0.1, -0.05) is 41.0 Å². The largest absolute Gasteiger partial charge is 0.506 e. The molecule has 22 heavy (non-hydrogen) atoms. The number of methoxy groups -OCH3 is 1. The minimum Gasteiger partial charge on any atom is -0.506 e. The second-order valence-corrected chi connectivity index (χ2v) is 6.73. The summed E-state index contributed by atoms with van der Waals surface area (Å²) < 4.78 is 5.22. The quantitative estimate of drug-likeness (QED) is 0.769. The molecule has 0 radical (unpaired) electrons. The summed E-state index contributed by atoms with van der Waals surface area (Å²) in [6.45, 7) is 0.511. The Balaban J connectivity index is 1.97. The van der Waals surface area contributed by atoms with Gasteiger partial charge in [0, 0.05) is 15.6 Å². The number of nitrogens with one attached hydrogen (secondary N) is 1. The molecule has 1 aliphatic heterocycles. The number of hydrogen-bond donors (Lipinski definition) is 2. The van der Waals surface area contributed by atoms with E-state index >= 15 is 0 Å². The van der Waals surface area contributed by atoms with E-state index in [0.29, 0.717) is 22.2 Å². The predicted molar refractivity (Wildman–Crippen MR) is 93.4 cm³/mol. The Morgan fingerprint density at radius 3 is 2.82 bits per heavy atom. The summed E-state index contributed by atoms with van der Waals surface area (Å²) in [7, 11) is 1.63. The third-order valence-corrected chi connectivity index (χ3v) is 4.87. The molecule has 2 aromatic carbocycles. The lowest BCUT2D eigenvalue weighted by molar-refractivity contribution is 0.413. The number of aliphatic hydroxyl groups is 1. The molecule has 1 heterocycles. The van der Waals surface area contributed by atoms with Crippen molar-refractivity contribution in [2.45, 2.75) is 4.90 Å². The Bertz CT molecular complexity index is 762. The van der Waals surface area contributed by atoms with Crippen LogP contribution in [-0.4, -0.2) is 18.8 Å². The van der Waals surface area contributed by atoms with Crippen LogP contribution in [0, 0.1) is 0 Å². The molecule has 3 nitrogen and oxygen atoms in total. The van der Waals surface area contributed by atoms with E-state index in [0.717, 1.165) is 21.2 Å². The van der Waals surface area contributed by atoms with Crippen LogP contribution in [0.25, 0.3) is 5.76 Å².